The quantitative estimate of drug-likeness (QED) is 0.665. The van der Waals surface area contributed by atoms with Crippen molar-refractivity contribution in [2.75, 3.05) is 19.0 Å². The molecule has 4 N–H and O–H groups in total. The number of aliphatic imine (C=N–C) groups is 1. The van der Waals surface area contributed by atoms with Crippen molar-refractivity contribution < 1.29 is 4.79 Å². The fourth-order valence-corrected chi connectivity index (χ4v) is 2.27. The maximum absolute atomic E-state index is 11.9. The molecule has 1 amide bonds. The molecule has 0 bridgehead atoms. The lowest BCUT2D eigenvalue weighted by Crippen LogP contribution is -2.24. The summed E-state index contributed by atoms with van der Waals surface area (Å²) in [4.78, 5) is 17.5. The number of amides is 1. The number of carbonyl (C=O) groups is 1. The average molecular weight is 322 g/mol. The summed E-state index contributed by atoms with van der Waals surface area (Å²) in [5.41, 5.74) is 13.0. The number of aryl methyl sites for hydroxylation is 1. The second kappa shape index (κ2) is 7.00. The van der Waals surface area contributed by atoms with Gasteiger partial charge in [0.2, 0.25) is 0 Å². The van der Waals surface area contributed by atoms with Crippen molar-refractivity contribution in [2.24, 2.45) is 16.5 Å². The van der Waals surface area contributed by atoms with Crippen molar-refractivity contribution >= 4 is 30.1 Å². The Bertz CT molecular complexity index is 702. The van der Waals surface area contributed by atoms with E-state index in [2.05, 4.69) is 4.99 Å². The van der Waals surface area contributed by atoms with Crippen LogP contribution in [-0.2, 0) is 0 Å². The maximum Gasteiger partial charge on any atom is 0.280 e. The third-order valence-electron chi connectivity index (χ3n) is 3.08. The molecule has 0 saturated heterocycles. The van der Waals surface area contributed by atoms with E-state index in [9.17, 15) is 4.79 Å². The van der Waals surface area contributed by atoms with E-state index in [0.29, 0.717) is 5.56 Å². The Balaban J connectivity index is 0.00000242. The number of hydrogen-bond acceptors (Lipinski definition) is 2. The number of guanidine groups is 1. The van der Waals surface area contributed by atoms with Crippen molar-refractivity contribution in [3.05, 3.63) is 47.7 Å². The molecule has 0 aliphatic rings. The molecule has 1 heterocycles. The summed E-state index contributed by atoms with van der Waals surface area (Å²) in [5, 5.41) is 0. The van der Waals surface area contributed by atoms with Gasteiger partial charge in [-0.2, -0.15) is 4.99 Å². The van der Waals surface area contributed by atoms with Gasteiger partial charge in [-0.25, -0.2) is 0 Å². The van der Waals surface area contributed by atoms with Crippen LogP contribution in [0.1, 0.15) is 15.9 Å². The van der Waals surface area contributed by atoms with E-state index in [0.717, 1.165) is 17.1 Å². The van der Waals surface area contributed by atoms with Gasteiger partial charge in [0, 0.05) is 31.5 Å². The zero-order valence-corrected chi connectivity index (χ0v) is 13.6. The molecule has 6 nitrogen and oxygen atoms in total. The van der Waals surface area contributed by atoms with E-state index >= 15 is 0 Å². The van der Waals surface area contributed by atoms with E-state index in [-0.39, 0.29) is 18.4 Å². The molecule has 0 radical (unpaired) electrons. The summed E-state index contributed by atoms with van der Waals surface area (Å²) in [6.45, 7) is 2.04. The standard InChI is InChI=1S/C15H19N5O.ClH/c1-10-7-8-20(14(10)19(2)3)12-6-4-5-11(9-12)13(21)18-15(16)17;/h4-9H,1-3H3,(H4,16,17,18,21);1H. The second-order valence-electron chi connectivity index (χ2n) is 4.98. The molecule has 2 rings (SSSR count). The molecule has 22 heavy (non-hydrogen) atoms. The highest BCUT2D eigenvalue weighted by Crippen LogP contribution is 2.24. The number of carbonyl (C=O) groups excluding carboxylic acids is 1. The molecule has 7 heteroatoms. The molecule has 0 atom stereocenters. The summed E-state index contributed by atoms with van der Waals surface area (Å²) in [7, 11) is 3.96. The Labute approximate surface area is 135 Å². The maximum atomic E-state index is 11.9. The van der Waals surface area contributed by atoms with E-state index in [4.69, 9.17) is 11.5 Å². The fourth-order valence-electron chi connectivity index (χ4n) is 2.27. The van der Waals surface area contributed by atoms with Crippen LogP contribution in [0.15, 0.2) is 41.5 Å². The predicted molar refractivity (Wildman–Crippen MR) is 92.2 cm³/mol. The van der Waals surface area contributed by atoms with Crippen LogP contribution in [0, 0.1) is 6.92 Å². The molecule has 0 saturated carbocycles. The number of hydrogen-bond donors (Lipinski definition) is 2. The zero-order chi connectivity index (χ0) is 15.6. The predicted octanol–water partition coefficient (Wildman–Crippen LogP) is 1.69. The van der Waals surface area contributed by atoms with E-state index in [1.54, 1.807) is 18.2 Å². The molecule has 0 unspecified atom stereocenters. The van der Waals surface area contributed by atoms with Crippen LogP contribution >= 0.6 is 12.4 Å². The number of nitrogens with zero attached hydrogens (tertiary/aromatic N) is 3. The highest BCUT2D eigenvalue weighted by Gasteiger charge is 2.11. The topological polar surface area (TPSA) is 89.6 Å². The van der Waals surface area contributed by atoms with Gasteiger partial charge in [-0.3, -0.25) is 4.79 Å². The number of benzene rings is 1. The minimum absolute atomic E-state index is 0. The zero-order valence-electron chi connectivity index (χ0n) is 12.8. The molecule has 0 aliphatic carbocycles. The number of anilines is 1. The van der Waals surface area contributed by atoms with Gasteiger partial charge in [-0.05, 0) is 36.8 Å². The van der Waals surface area contributed by atoms with Crippen LogP contribution in [0.5, 0.6) is 0 Å². The molecule has 0 fully saturated rings. The minimum atomic E-state index is -0.452. The van der Waals surface area contributed by atoms with Gasteiger partial charge in [-0.1, -0.05) is 6.07 Å². The minimum Gasteiger partial charge on any atom is -0.370 e. The monoisotopic (exact) mass is 321 g/mol. The van der Waals surface area contributed by atoms with Crippen LogP contribution in [0.3, 0.4) is 0 Å². The fraction of sp³-hybridized carbons (Fsp3) is 0.200. The SMILES string of the molecule is Cc1ccn(-c2cccc(C(=O)N=C(N)N)c2)c1N(C)C.Cl. The van der Waals surface area contributed by atoms with Crippen LogP contribution < -0.4 is 16.4 Å². The molecular weight excluding hydrogens is 302 g/mol. The van der Waals surface area contributed by atoms with E-state index in [1.165, 1.54) is 0 Å². The van der Waals surface area contributed by atoms with Crippen LogP contribution in [0.2, 0.25) is 0 Å². The smallest absolute Gasteiger partial charge is 0.280 e. The van der Waals surface area contributed by atoms with Gasteiger partial charge in [0.25, 0.3) is 5.91 Å². The molecule has 0 aliphatic heterocycles. The van der Waals surface area contributed by atoms with E-state index in [1.807, 2.05) is 48.8 Å². The number of rotatable bonds is 3. The third-order valence-corrected chi connectivity index (χ3v) is 3.08. The first kappa shape index (κ1) is 17.6. The Kier molecular flexibility index (Phi) is 5.59. The van der Waals surface area contributed by atoms with Gasteiger partial charge in [0.1, 0.15) is 5.82 Å². The molecule has 1 aromatic carbocycles. The van der Waals surface area contributed by atoms with Gasteiger partial charge in [-0.15, -0.1) is 12.4 Å². The first-order valence-electron chi connectivity index (χ1n) is 6.50. The third kappa shape index (κ3) is 3.59. The van der Waals surface area contributed by atoms with Gasteiger partial charge in [0.15, 0.2) is 5.96 Å². The Morgan fingerprint density at radius 1 is 1.23 bits per heavy atom. The van der Waals surface area contributed by atoms with Crippen molar-refractivity contribution in [1.29, 1.82) is 0 Å². The van der Waals surface area contributed by atoms with Crippen LogP contribution in [-0.4, -0.2) is 30.5 Å². The Morgan fingerprint density at radius 3 is 2.50 bits per heavy atom. The van der Waals surface area contributed by atoms with Crippen LogP contribution in [0.4, 0.5) is 5.82 Å². The Morgan fingerprint density at radius 2 is 1.91 bits per heavy atom. The van der Waals surface area contributed by atoms with Crippen LogP contribution in [0.25, 0.3) is 5.69 Å². The summed E-state index contributed by atoms with van der Waals surface area (Å²) in [6.07, 6.45) is 1.97. The highest BCUT2D eigenvalue weighted by molar-refractivity contribution is 6.02. The normalized spacial score (nSPS) is 9.77. The second-order valence-corrected chi connectivity index (χ2v) is 4.98. The van der Waals surface area contributed by atoms with Crippen molar-refractivity contribution in [3.63, 3.8) is 0 Å². The van der Waals surface area contributed by atoms with Gasteiger partial charge in [0.05, 0.1) is 0 Å². The molecule has 2 aromatic rings. The lowest BCUT2D eigenvalue weighted by atomic mass is 10.2. The van der Waals surface area contributed by atoms with Crippen molar-refractivity contribution in [2.45, 2.75) is 6.92 Å². The van der Waals surface area contributed by atoms with Crippen molar-refractivity contribution in [3.8, 4) is 5.69 Å². The summed E-state index contributed by atoms with van der Waals surface area (Å²) >= 11 is 0. The number of aromatic nitrogens is 1. The van der Waals surface area contributed by atoms with E-state index < -0.39 is 5.91 Å². The summed E-state index contributed by atoms with van der Waals surface area (Å²) < 4.78 is 2.02. The van der Waals surface area contributed by atoms with Gasteiger partial charge < -0.3 is 20.9 Å². The number of halogens is 1. The lowest BCUT2D eigenvalue weighted by molar-refractivity contribution is 0.100. The largest absolute Gasteiger partial charge is 0.370 e. The summed E-state index contributed by atoms with van der Waals surface area (Å²) in [5.74, 6) is 0.366. The highest BCUT2D eigenvalue weighted by atomic mass is 35.5. The first-order chi connectivity index (χ1) is 9.90. The molecule has 1 aromatic heterocycles. The lowest BCUT2D eigenvalue weighted by Gasteiger charge is -2.18. The summed E-state index contributed by atoms with van der Waals surface area (Å²) in [6, 6.07) is 9.21. The molecule has 0 spiro atoms. The first-order valence-corrected chi connectivity index (χ1v) is 6.50. The van der Waals surface area contributed by atoms with Gasteiger partial charge >= 0.3 is 0 Å². The van der Waals surface area contributed by atoms with Crippen molar-refractivity contribution in [1.82, 2.24) is 4.57 Å². The molecular formula is C15H20ClN5O. The number of nitrogens with two attached hydrogens (primary N) is 2. The average Bonchev–Trinajstić information content (AvgIpc) is 2.80. The Hall–Kier alpha value is -2.47. The molecule has 118 valence electrons.